The number of hydrogen-bond acceptors (Lipinski definition) is 4. The van der Waals surface area contributed by atoms with Gasteiger partial charge in [0.05, 0.1) is 4.88 Å². The molecular weight excluding hydrogens is 420 g/mol. The number of fused-ring (bicyclic) bond motifs is 1. The van der Waals surface area contributed by atoms with Gasteiger partial charge in [-0.15, -0.1) is 11.3 Å². The second-order valence-corrected chi connectivity index (χ2v) is 9.05. The zero-order chi connectivity index (χ0) is 22.1. The molecule has 0 unspecified atom stereocenters. The van der Waals surface area contributed by atoms with E-state index in [-0.39, 0.29) is 5.75 Å². The average molecular weight is 443 g/mol. The highest BCUT2D eigenvalue weighted by Crippen LogP contribution is 2.50. The lowest BCUT2D eigenvalue weighted by atomic mass is 9.78. The zero-order valence-corrected chi connectivity index (χ0v) is 18.1. The number of aromatic hydroxyl groups is 1. The summed E-state index contributed by atoms with van der Waals surface area (Å²) in [5.41, 5.74) is 3.33. The molecule has 4 nitrogen and oxygen atoms in total. The first-order valence-electron chi connectivity index (χ1n) is 10.6. The normalized spacial score (nSPS) is 14.0. The molecule has 1 saturated carbocycles. The van der Waals surface area contributed by atoms with E-state index < -0.39 is 5.97 Å². The number of hydrogen-bond donors (Lipinski definition) is 2. The maximum atomic E-state index is 10.7. The number of phenolic OH excluding ortho intramolecular Hbond substituents is 1. The molecule has 4 aromatic rings. The summed E-state index contributed by atoms with van der Waals surface area (Å²) < 4.78 is 7.38. The number of carboxylic acid groups (broad SMARTS) is 1. The predicted molar refractivity (Wildman–Crippen MR) is 129 cm³/mol. The minimum atomic E-state index is -0.979. The van der Waals surface area contributed by atoms with Gasteiger partial charge in [0, 0.05) is 16.2 Å². The van der Waals surface area contributed by atoms with Crippen molar-refractivity contribution in [3.8, 4) is 27.7 Å². The molecule has 160 valence electrons. The van der Waals surface area contributed by atoms with E-state index in [1.165, 1.54) is 30.4 Å². The van der Waals surface area contributed by atoms with Crippen LogP contribution in [0.3, 0.4) is 0 Å². The summed E-state index contributed by atoms with van der Waals surface area (Å²) in [5.74, 6) is 1.29. The van der Waals surface area contributed by atoms with E-state index in [9.17, 15) is 9.90 Å². The van der Waals surface area contributed by atoms with Crippen LogP contribution in [0.25, 0.3) is 26.6 Å². The van der Waals surface area contributed by atoms with Crippen LogP contribution in [0.5, 0.6) is 17.2 Å². The average Bonchev–Trinajstić information content (AvgIpc) is 3.09. The lowest BCUT2D eigenvalue weighted by Gasteiger charge is -2.27. The molecule has 0 radical (unpaired) electrons. The Bertz CT molecular complexity index is 1310. The third kappa shape index (κ3) is 3.99. The fourth-order valence-electron chi connectivity index (χ4n) is 4.05. The molecule has 5 heteroatoms. The summed E-state index contributed by atoms with van der Waals surface area (Å²) in [6.07, 6.45) is 6.36. The maximum absolute atomic E-state index is 10.7. The summed E-state index contributed by atoms with van der Waals surface area (Å²) >= 11 is 1.63. The topological polar surface area (TPSA) is 66.8 Å². The molecule has 0 atom stereocenters. The zero-order valence-electron chi connectivity index (χ0n) is 17.3. The molecule has 0 spiro atoms. The van der Waals surface area contributed by atoms with Gasteiger partial charge < -0.3 is 14.9 Å². The summed E-state index contributed by atoms with van der Waals surface area (Å²) in [6.45, 7) is 0. The van der Waals surface area contributed by atoms with Crippen molar-refractivity contribution in [2.45, 2.75) is 25.2 Å². The molecule has 0 saturated heterocycles. The molecule has 0 bridgehead atoms. The van der Waals surface area contributed by atoms with Gasteiger partial charge in [-0.1, -0.05) is 42.8 Å². The van der Waals surface area contributed by atoms with Crippen LogP contribution in [0.1, 0.15) is 36.3 Å². The highest BCUT2D eigenvalue weighted by atomic mass is 32.1. The standard InChI is InChI=1S/C27H22O4S/c28-19-11-14-23-24(16-19)32-27(22-7-2-1-6-21(22)18-4-3-5-18)26(23)31-20-12-8-17(9-13-20)10-15-25(29)30/h1-2,6-16,18,28H,3-5H2,(H,29,30)/b15-10+. The molecule has 32 heavy (non-hydrogen) atoms. The third-order valence-corrected chi connectivity index (χ3v) is 7.06. The minimum absolute atomic E-state index is 0.235. The van der Waals surface area contributed by atoms with Gasteiger partial charge in [0.1, 0.15) is 11.5 Å². The Morgan fingerprint density at radius 1 is 1.03 bits per heavy atom. The molecule has 2 N–H and O–H groups in total. The van der Waals surface area contributed by atoms with Gasteiger partial charge in [-0.25, -0.2) is 4.79 Å². The molecule has 1 aliphatic rings. The number of rotatable bonds is 6. The largest absolute Gasteiger partial charge is 0.508 e. The Morgan fingerprint density at radius 2 is 1.81 bits per heavy atom. The monoisotopic (exact) mass is 442 g/mol. The van der Waals surface area contributed by atoms with Crippen LogP contribution in [-0.4, -0.2) is 16.2 Å². The number of carboxylic acids is 1. The van der Waals surface area contributed by atoms with E-state index in [0.717, 1.165) is 32.4 Å². The van der Waals surface area contributed by atoms with Crippen molar-refractivity contribution < 1.29 is 19.7 Å². The van der Waals surface area contributed by atoms with Gasteiger partial charge in [-0.2, -0.15) is 0 Å². The van der Waals surface area contributed by atoms with E-state index in [1.54, 1.807) is 29.5 Å². The van der Waals surface area contributed by atoms with Crippen molar-refractivity contribution in [3.63, 3.8) is 0 Å². The fraction of sp³-hybridized carbons (Fsp3) is 0.148. The number of benzene rings is 3. The first-order chi connectivity index (χ1) is 15.6. The molecular formula is C27H22O4S. The van der Waals surface area contributed by atoms with Crippen molar-refractivity contribution in [1.82, 2.24) is 0 Å². The molecule has 1 fully saturated rings. The van der Waals surface area contributed by atoms with Crippen LogP contribution in [0.4, 0.5) is 0 Å². The second-order valence-electron chi connectivity index (χ2n) is 8.00. The van der Waals surface area contributed by atoms with Gasteiger partial charge in [0.15, 0.2) is 5.75 Å². The number of carbonyl (C=O) groups is 1. The van der Waals surface area contributed by atoms with Crippen molar-refractivity contribution >= 4 is 33.5 Å². The Labute approximate surface area is 190 Å². The molecule has 0 aliphatic heterocycles. The van der Waals surface area contributed by atoms with E-state index in [4.69, 9.17) is 9.84 Å². The van der Waals surface area contributed by atoms with Gasteiger partial charge in [-0.05, 0) is 71.9 Å². The minimum Gasteiger partial charge on any atom is -0.508 e. The summed E-state index contributed by atoms with van der Waals surface area (Å²) in [4.78, 5) is 11.8. The van der Waals surface area contributed by atoms with Gasteiger partial charge in [-0.3, -0.25) is 0 Å². The third-order valence-electron chi connectivity index (χ3n) is 5.90. The maximum Gasteiger partial charge on any atom is 0.328 e. The quantitative estimate of drug-likeness (QED) is 0.305. The van der Waals surface area contributed by atoms with Crippen LogP contribution in [-0.2, 0) is 4.79 Å². The summed E-state index contributed by atoms with van der Waals surface area (Å²) in [6, 6.07) is 21.2. The van der Waals surface area contributed by atoms with E-state index >= 15 is 0 Å². The SMILES string of the molecule is O=C(O)/C=C/c1ccc(Oc2c(-c3ccccc3C3CCC3)sc3cc(O)ccc23)cc1. The Balaban J connectivity index is 1.58. The smallest absolute Gasteiger partial charge is 0.328 e. The van der Waals surface area contributed by atoms with Crippen LogP contribution in [0, 0.1) is 0 Å². The van der Waals surface area contributed by atoms with E-state index in [1.807, 2.05) is 30.3 Å². The van der Waals surface area contributed by atoms with Gasteiger partial charge in [0.25, 0.3) is 0 Å². The Kier molecular flexibility index (Phi) is 5.41. The van der Waals surface area contributed by atoms with E-state index in [2.05, 4.69) is 24.3 Å². The number of ether oxygens (including phenoxy) is 1. The number of aliphatic carboxylic acids is 1. The molecule has 5 rings (SSSR count). The van der Waals surface area contributed by atoms with Crippen LogP contribution in [0.15, 0.2) is 72.8 Å². The molecule has 0 amide bonds. The van der Waals surface area contributed by atoms with Gasteiger partial charge >= 0.3 is 5.97 Å². The molecule has 1 aromatic heterocycles. The first kappa shape index (κ1) is 20.3. The van der Waals surface area contributed by atoms with Crippen molar-refractivity contribution in [1.29, 1.82) is 0 Å². The number of thiophene rings is 1. The fourth-order valence-corrected chi connectivity index (χ4v) is 5.26. The van der Waals surface area contributed by atoms with Crippen molar-refractivity contribution in [3.05, 3.63) is 83.9 Å². The molecule has 3 aromatic carbocycles. The van der Waals surface area contributed by atoms with Crippen LogP contribution in [0.2, 0.25) is 0 Å². The van der Waals surface area contributed by atoms with Crippen LogP contribution < -0.4 is 4.74 Å². The van der Waals surface area contributed by atoms with Gasteiger partial charge in [0.2, 0.25) is 0 Å². The Hall–Kier alpha value is -3.57. The Morgan fingerprint density at radius 3 is 2.53 bits per heavy atom. The predicted octanol–water partition coefficient (Wildman–Crippen LogP) is 7.43. The highest BCUT2D eigenvalue weighted by Gasteiger charge is 2.25. The highest BCUT2D eigenvalue weighted by molar-refractivity contribution is 7.22. The molecule has 1 aliphatic carbocycles. The number of phenols is 1. The van der Waals surface area contributed by atoms with Crippen LogP contribution >= 0.6 is 11.3 Å². The molecule has 1 heterocycles. The summed E-state index contributed by atoms with van der Waals surface area (Å²) in [5, 5.41) is 19.8. The summed E-state index contributed by atoms with van der Waals surface area (Å²) in [7, 11) is 0. The van der Waals surface area contributed by atoms with E-state index in [0.29, 0.717) is 11.7 Å². The first-order valence-corrected chi connectivity index (χ1v) is 11.4. The lowest BCUT2D eigenvalue weighted by molar-refractivity contribution is -0.131. The van der Waals surface area contributed by atoms with Crippen molar-refractivity contribution in [2.24, 2.45) is 0 Å². The second kappa shape index (κ2) is 8.52. The lowest BCUT2D eigenvalue weighted by Crippen LogP contribution is -2.09. The van der Waals surface area contributed by atoms with Crippen molar-refractivity contribution in [2.75, 3.05) is 0 Å².